The van der Waals surface area contributed by atoms with Crippen LogP contribution in [0.4, 0.5) is 0 Å². The second kappa shape index (κ2) is 6.28. The van der Waals surface area contributed by atoms with Gasteiger partial charge in [-0.15, -0.1) is 0 Å². The van der Waals surface area contributed by atoms with Crippen LogP contribution in [0.5, 0.6) is 0 Å². The first-order chi connectivity index (χ1) is 10.2. The molecule has 5 heteroatoms. The van der Waals surface area contributed by atoms with E-state index in [-0.39, 0.29) is 6.29 Å². The van der Waals surface area contributed by atoms with Crippen molar-refractivity contribution in [1.29, 1.82) is 0 Å². The van der Waals surface area contributed by atoms with Crippen LogP contribution >= 0.6 is 0 Å². The van der Waals surface area contributed by atoms with E-state index in [1.165, 1.54) is 0 Å². The van der Waals surface area contributed by atoms with Gasteiger partial charge in [0.2, 0.25) is 0 Å². The first-order valence-electron chi connectivity index (χ1n) is 7.29. The van der Waals surface area contributed by atoms with Gasteiger partial charge in [0, 0.05) is 30.3 Å². The summed E-state index contributed by atoms with van der Waals surface area (Å²) in [6.45, 7) is 2.11. The Balaban J connectivity index is 1.63. The highest BCUT2D eigenvalue weighted by molar-refractivity contribution is 5.93. The molecule has 1 unspecified atom stereocenters. The van der Waals surface area contributed by atoms with E-state index >= 15 is 0 Å². The van der Waals surface area contributed by atoms with Gasteiger partial charge in [0.15, 0.2) is 6.29 Å². The molecule has 1 atom stereocenters. The molecule has 1 fully saturated rings. The minimum absolute atomic E-state index is 0.0702. The van der Waals surface area contributed by atoms with Crippen LogP contribution in [0.15, 0.2) is 30.5 Å². The monoisotopic (exact) mass is 289 g/mol. The number of nitrogens with zero attached hydrogens (tertiary/aromatic N) is 1. The first-order valence-corrected chi connectivity index (χ1v) is 7.29. The standard InChI is InChI=1S/C16H19NO4/c18-16(19)13-4-5-14-12(11-13)6-7-17(14)8-10-21-15-3-1-2-9-20-15/h4-7,11,15H,1-3,8-10H2,(H,18,19). The smallest absolute Gasteiger partial charge is 0.335 e. The van der Waals surface area contributed by atoms with Crippen LogP contribution in [0.25, 0.3) is 10.9 Å². The Morgan fingerprint density at radius 3 is 3.05 bits per heavy atom. The molecule has 0 bridgehead atoms. The number of ether oxygens (including phenoxy) is 2. The maximum Gasteiger partial charge on any atom is 0.335 e. The lowest BCUT2D eigenvalue weighted by Gasteiger charge is -2.22. The topological polar surface area (TPSA) is 60.7 Å². The van der Waals surface area contributed by atoms with Gasteiger partial charge in [-0.2, -0.15) is 0 Å². The Bertz CT molecular complexity index is 628. The fourth-order valence-electron chi connectivity index (χ4n) is 2.65. The number of fused-ring (bicyclic) bond motifs is 1. The molecule has 5 nitrogen and oxygen atoms in total. The third kappa shape index (κ3) is 3.25. The Hall–Kier alpha value is -1.85. The van der Waals surface area contributed by atoms with Crippen molar-refractivity contribution < 1.29 is 19.4 Å². The van der Waals surface area contributed by atoms with Gasteiger partial charge in [-0.25, -0.2) is 4.79 Å². The van der Waals surface area contributed by atoms with Crippen molar-refractivity contribution in [1.82, 2.24) is 4.57 Å². The number of aromatic carboxylic acids is 1. The molecule has 1 aliphatic heterocycles. The summed E-state index contributed by atoms with van der Waals surface area (Å²) in [5, 5.41) is 9.93. The van der Waals surface area contributed by atoms with Crippen molar-refractivity contribution in [2.75, 3.05) is 13.2 Å². The number of rotatable bonds is 5. The molecule has 1 aromatic heterocycles. The Labute approximate surface area is 123 Å². The quantitative estimate of drug-likeness (QED) is 0.919. The highest BCUT2D eigenvalue weighted by Crippen LogP contribution is 2.18. The van der Waals surface area contributed by atoms with Gasteiger partial charge in [0.05, 0.1) is 12.2 Å². The summed E-state index contributed by atoms with van der Waals surface area (Å²) in [6.07, 6.45) is 5.14. The van der Waals surface area contributed by atoms with E-state index in [9.17, 15) is 4.79 Å². The number of hydrogen-bond donors (Lipinski definition) is 1. The molecule has 0 aliphatic carbocycles. The van der Waals surface area contributed by atoms with Crippen molar-refractivity contribution in [3.63, 3.8) is 0 Å². The summed E-state index contributed by atoms with van der Waals surface area (Å²) in [6, 6.07) is 7.10. The molecule has 1 aliphatic rings. The lowest BCUT2D eigenvalue weighted by molar-refractivity contribution is -0.163. The number of aromatic nitrogens is 1. The second-order valence-corrected chi connectivity index (χ2v) is 5.25. The lowest BCUT2D eigenvalue weighted by atomic mass is 10.1. The van der Waals surface area contributed by atoms with Crippen molar-refractivity contribution in [2.24, 2.45) is 0 Å². The highest BCUT2D eigenvalue weighted by atomic mass is 16.7. The van der Waals surface area contributed by atoms with E-state index in [2.05, 4.69) is 4.57 Å². The fourth-order valence-corrected chi connectivity index (χ4v) is 2.65. The fraction of sp³-hybridized carbons (Fsp3) is 0.438. The SMILES string of the molecule is O=C(O)c1ccc2c(ccn2CCOC2CCCCO2)c1. The maximum atomic E-state index is 11.0. The summed E-state index contributed by atoms with van der Waals surface area (Å²) >= 11 is 0. The third-order valence-corrected chi connectivity index (χ3v) is 3.79. The molecule has 0 radical (unpaired) electrons. The maximum absolute atomic E-state index is 11.0. The van der Waals surface area contributed by atoms with Gasteiger partial charge in [-0.3, -0.25) is 0 Å². The molecule has 1 N–H and O–H groups in total. The molecule has 2 heterocycles. The summed E-state index contributed by atoms with van der Waals surface area (Å²) in [5.74, 6) is -0.901. The van der Waals surface area contributed by atoms with Crippen molar-refractivity contribution in [2.45, 2.75) is 32.1 Å². The Morgan fingerprint density at radius 2 is 2.29 bits per heavy atom. The number of carboxylic acid groups (broad SMARTS) is 1. The van der Waals surface area contributed by atoms with Crippen LogP contribution < -0.4 is 0 Å². The molecule has 112 valence electrons. The molecule has 1 aromatic carbocycles. The zero-order valence-corrected chi connectivity index (χ0v) is 11.8. The van der Waals surface area contributed by atoms with Gasteiger partial charge in [0.25, 0.3) is 0 Å². The van der Waals surface area contributed by atoms with Crippen LogP contribution in [-0.4, -0.2) is 35.1 Å². The molecule has 21 heavy (non-hydrogen) atoms. The second-order valence-electron chi connectivity index (χ2n) is 5.25. The van der Waals surface area contributed by atoms with Crippen LogP contribution in [0.1, 0.15) is 29.6 Å². The zero-order chi connectivity index (χ0) is 14.7. The van der Waals surface area contributed by atoms with Crippen LogP contribution in [0.2, 0.25) is 0 Å². The number of hydrogen-bond acceptors (Lipinski definition) is 3. The Morgan fingerprint density at radius 1 is 1.38 bits per heavy atom. The number of carboxylic acids is 1. The van der Waals surface area contributed by atoms with Gasteiger partial charge in [-0.05, 0) is 43.5 Å². The largest absolute Gasteiger partial charge is 0.478 e. The summed E-state index contributed by atoms with van der Waals surface area (Å²) in [4.78, 5) is 11.0. The predicted octanol–water partition coefficient (Wildman–Crippen LogP) is 2.88. The summed E-state index contributed by atoms with van der Waals surface area (Å²) in [7, 11) is 0. The van der Waals surface area contributed by atoms with Crippen molar-refractivity contribution in [3.05, 3.63) is 36.0 Å². The predicted molar refractivity (Wildman–Crippen MR) is 78.4 cm³/mol. The van der Waals surface area contributed by atoms with Gasteiger partial charge >= 0.3 is 5.97 Å². The molecule has 0 amide bonds. The van der Waals surface area contributed by atoms with Gasteiger partial charge < -0.3 is 19.1 Å². The van der Waals surface area contributed by atoms with Gasteiger partial charge in [-0.1, -0.05) is 0 Å². The highest BCUT2D eigenvalue weighted by Gasteiger charge is 2.14. The van der Waals surface area contributed by atoms with E-state index < -0.39 is 5.97 Å². The summed E-state index contributed by atoms with van der Waals surface area (Å²) in [5.41, 5.74) is 1.33. The van der Waals surface area contributed by atoms with Gasteiger partial charge in [0.1, 0.15) is 0 Å². The van der Waals surface area contributed by atoms with E-state index in [0.717, 1.165) is 43.3 Å². The molecular weight excluding hydrogens is 270 g/mol. The minimum atomic E-state index is -0.901. The van der Waals surface area contributed by atoms with Crippen molar-refractivity contribution in [3.8, 4) is 0 Å². The normalized spacial score (nSPS) is 19.0. The van der Waals surface area contributed by atoms with E-state index in [1.807, 2.05) is 18.3 Å². The van der Waals surface area contributed by atoms with E-state index in [0.29, 0.717) is 12.2 Å². The average Bonchev–Trinajstić information content (AvgIpc) is 2.91. The molecule has 2 aromatic rings. The first kappa shape index (κ1) is 14.1. The zero-order valence-electron chi connectivity index (χ0n) is 11.8. The minimum Gasteiger partial charge on any atom is -0.478 e. The Kier molecular flexibility index (Phi) is 4.22. The lowest BCUT2D eigenvalue weighted by Crippen LogP contribution is -2.23. The molecule has 3 rings (SSSR count). The van der Waals surface area contributed by atoms with Crippen LogP contribution in [-0.2, 0) is 16.0 Å². The van der Waals surface area contributed by atoms with E-state index in [1.54, 1.807) is 12.1 Å². The van der Waals surface area contributed by atoms with E-state index in [4.69, 9.17) is 14.6 Å². The average molecular weight is 289 g/mol. The molecular formula is C16H19NO4. The molecule has 1 saturated heterocycles. The molecule has 0 spiro atoms. The number of benzene rings is 1. The van der Waals surface area contributed by atoms with Crippen molar-refractivity contribution >= 4 is 16.9 Å². The summed E-state index contributed by atoms with van der Waals surface area (Å²) < 4.78 is 13.3. The van der Waals surface area contributed by atoms with Crippen LogP contribution in [0.3, 0.4) is 0 Å². The third-order valence-electron chi connectivity index (χ3n) is 3.79. The molecule has 0 saturated carbocycles. The van der Waals surface area contributed by atoms with Crippen LogP contribution in [0, 0.1) is 0 Å². The number of carbonyl (C=O) groups is 1.